The molecule has 7 heteroatoms. The number of H-pyrrole nitrogens is 1. The van der Waals surface area contributed by atoms with Crippen molar-refractivity contribution in [3.05, 3.63) is 34.7 Å². The molecule has 0 aliphatic heterocycles. The number of benzene rings is 1. The van der Waals surface area contributed by atoms with Crippen molar-refractivity contribution < 1.29 is 5.11 Å². The number of aromatic nitrogens is 4. The second kappa shape index (κ2) is 4.78. The van der Waals surface area contributed by atoms with Crippen molar-refractivity contribution in [2.45, 2.75) is 0 Å². The Bertz CT molecular complexity index is 565. The van der Waals surface area contributed by atoms with Gasteiger partial charge in [0.05, 0.1) is 6.20 Å². The third kappa shape index (κ3) is 2.47. The summed E-state index contributed by atoms with van der Waals surface area (Å²) in [5.74, 6) is 0.167. The highest BCUT2D eigenvalue weighted by atomic mass is 16.2. The van der Waals surface area contributed by atoms with Gasteiger partial charge in [-0.05, 0) is 15.7 Å². The zero-order valence-electron chi connectivity index (χ0n) is 8.11. The lowest BCUT2D eigenvalue weighted by Crippen LogP contribution is -2.09. The van der Waals surface area contributed by atoms with E-state index in [1.54, 1.807) is 24.3 Å². The summed E-state index contributed by atoms with van der Waals surface area (Å²) < 4.78 is 0. The number of rotatable bonds is 2. The molecule has 0 saturated heterocycles. The van der Waals surface area contributed by atoms with E-state index >= 15 is 0 Å². The molecule has 0 amide bonds. The molecule has 80 valence electrons. The summed E-state index contributed by atoms with van der Waals surface area (Å²) in [5.41, 5.74) is 0. The molecular formula is C9H7N6O-. The van der Waals surface area contributed by atoms with Gasteiger partial charge >= 0.3 is 5.95 Å². The van der Waals surface area contributed by atoms with Gasteiger partial charge in [0.15, 0.2) is 0 Å². The van der Waals surface area contributed by atoms with Crippen molar-refractivity contribution in [3.8, 4) is 0 Å². The van der Waals surface area contributed by atoms with Gasteiger partial charge < -0.3 is 5.11 Å². The molecule has 0 aliphatic carbocycles. The Morgan fingerprint density at radius 1 is 1.19 bits per heavy atom. The normalized spacial score (nSPS) is 10.5. The molecule has 1 aromatic carbocycles. The van der Waals surface area contributed by atoms with Crippen molar-refractivity contribution in [3.63, 3.8) is 0 Å². The molecule has 16 heavy (non-hydrogen) atoms. The lowest BCUT2D eigenvalue weighted by atomic mass is 10.3. The van der Waals surface area contributed by atoms with E-state index in [-0.39, 0.29) is 5.95 Å². The minimum Gasteiger partial charge on any atom is -0.877 e. The maximum atomic E-state index is 10.4. The quantitative estimate of drug-likeness (QED) is 0.637. The van der Waals surface area contributed by atoms with Crippen LogP contribution in [0.5, 0.6) is 0 Å². The van der Waals surface area contributed by atoms with Crippen LogP contribution < -0.4 is 15.5 Å². The molecule has 2 aromatic rings. The van der Waals surface area contributed by atoms with Crippen molar-refractivity contribution in [1.29, 1.82) is 0 Å². The fourth-order valence-corrected chi connectivity index (χ4v) is 1.01. The van der Waals surface area contributed by atoms with Gasteiger partial charge in [0, 0.05) is 0 Å². The molecule has 1 aromatic heterocycles. The Kier molecular flexibility index (Phi) is 2.98. The monoisotopic (exact) mass is 215 g/mol. The van der Waals surface area contributed by atoms with Gasteiger partial charge in [0.1, 0.15) is 0 Å². The van der Waals surface area contributed by atoms with E-state index in [2.05, 4.69) is 30.9 Å². The minimum absolute atomic E-state index is 0.167. The maximum Gasteiger partial charge on any atom is 0.307 e. The van der Waals surface area contributed by atoms with Crippen LogP contribution in [-0.2, 0) is 0 Å². The molecule has 1 heterocycles. The summed E-state index contributed by atoms with van der Waals surface area (Å²) in [5, 5.41) is 32.1. The molecule has 0 radical (unpaired) electrons. The first-order valence-electron chi connectivity index (χ1n) is 4.41. The van der Waals surface area contributed by atoms with E-state index in [0.717, 1.165) is 11.5 Å². The highest BCUT2D eigenvalue weighted by Crippen LogP contribution is 1.96. The first kappa shape index (κ1) is 9.97. The van der Waals surface area contributed by atoms with Crippen LogP contribution in [0.15, 0.2) is 34.5 Å². The Labute approximate surface area is 89.9 Å². The maximum absolute atomic E-state index is 10.4. The molecule has 0 fully saturated rings. The number of hydrogen-bond acceptors (Lipinski definition) is 6. The summed E-state index contributed by atoms with van der Waals surface area (Å²) in [6.45, 7) is 0. The predicted octanol–water partition coefficient (Wildman–Crippen LogP) is -1.18. The zero-order valence-corrected chi connectivity index (χ0v) is 8.11. The van der Waals surface area contributed by atoms with Crippen molar-refractivity contribution in [2.24, 2.45) is 10.2 Å². The van der Waals surface area contributed by atoms with Crippen LogP contribution in [-0.4, -0.2) is 20.6 Å². The lowest BCUT2D eigenvalue weighted by Gasteiger charge is -1.89. The highest BCUT2D eigenvalue weighted by Gasteiger charge is 1.89. The summed E-state index contributed by atoms with van der Waals surface area (Å²) >= 11 is 0. The van der Waals surface area contributed by atoms with Crippen molar-refractivity contribution in [2.75, 3.05) is 0 Å². The largest absolute Gasteiger partial charge is 0.877 e. The number of azo groups is 1. The molecular weight excluding hydrogens is 208 g/mol. The van der Waals surface area contributed by atoms with E-state index in [4.69, 9.17) is 0 Å². The van der Waals surface area contributed by atoms with Gasteiger partial charge in [-0.2, -0.15) is 10.3 Å². The minimum atomic E-state index is 0.167. The second-order valence-electron chi connectivity index (χ2n) is 2.84. The predicted molar refractivity (Wildman–Crippen MR) is 53.3 cm³/mol. The highest BCUT2D eigenvalue weighted by molar-refractivity contribution is 5.24. The van der Waals surface area contributed by atoms with Crippen LogP contribution in [0.3, 0.4) is 0 Å². The Morgan fingerprint density at radius 2 is 1.94 bits per heavy atom. The number of tetrazole rings is 1. The number of hydrogen-bond donors (Lipinski definition) is 1. The molecule has 0 saturated carbocycles. The van der Waals surface area contributed by atoms with E-state index in [0.29, 0.717) is 5.22 Å². The van der Waals surface area contributed by atoms with Crippen LogP contribution in [0.25, 0.3) is 12.5 Å². The molecule has 0 aliphatic rings. The molecule has 1 N–H and O–H groups in total. The van der Waals surface area contributed by atoms with E-state index in [1.165, 1.54) is 6.20 Å². The SMILES string of the molecule is [O-]C=c1ccc(=CN=Nc2nn[nH]n2)cc1. The van der Waals surface area contributed by atoms with Crippen LogP contribution in [0.4, 0.5) is 5.95 Å². The average molecular weight is 215 g/mol. The van der Waals surface area contributed by atoms with Crippen LogP contribution in [0, 0.1) is 0 Å². The molecule has 0 spiro atoms. The molecule has 7 nitrogen and oxygen atoms in total. The first-order valence-corrected chi connectivity index (χ1v) is 4.41. The third-order valence-electron chi connectivity index (χ3n) is 1.76. The number of aromatic amines is 1. The first-order chi connectivity index (χ1) is 7.88. The average Bonchev–Trinajstić information content (AvgIpc) is 2.83. The standard InChI is InChI=1S/C9H8N6O/c16-6-8-3-1-7(2-4-8)5-10-11-9-12-14-15-13-9/h1-6,16H,(H,12,13,14,15)/p-1. The van der Waals surface area contributed by atoms with Gasteiger partial charge in [-0.3, -0.25) is 0 Å². The van der Waals surface area contributed by atoms with E-state index in [1.807, 2.05) is 0 Å². The summed E-state index contributed by atoms with van der Waals surface area (Å²) in [4.78, 5) is 0. The summed E-state index contributed by atoms with van der Waals surface area (Å²) in [6.07, 6.45) is 2.32. The van der Waals surface area contributed by atoms with Crippen molar-refractivity contribution in [1.82, 2.24) is 20.6 Å². The summed E-state index contributed by atoms with van der Waals surface area (Å²) in [6, 6.07) is 6.92. The molecule has 0 bridgehead atoms. The van der Waals surface area contributed by atoms with E-state index < -0.39 is 0 Å². The number of nitrogens with zero attached hydrogens (tertiary/aromatic N) is 5. The fourth-order valence-electron chi connectivity index (χ4n) is 1.01. The van der Waals surface area contributed by atoms with Gasteiger partial charge in [-0.15, -0.1) is 16.5 Å². The topological polar surface area (TPSA) is 102 Å². The van der Waals surface area contributed by atoms with Crippen LogP contribution >= 0.6 is 0 Å². The smallest absolute Gasteiger partial charge is 0.307 e. The summed E-state index contributed by atoms with van der Waals surface area (Å²) in [7, 11) is 0. The molecule has 2 rings (SSSR count). The van der Waals surface area contributed by atoms with Gasteiger partial charge in [-0.1, -0.05) is 29.4 Å². The fraction of sp³-hybridized carbons (Fsp3) is 0. The lowest BCUT2D eigenvalue weighted by molar-refractivity contribution is -0.229. The molecule has 0 unspecified atom stereocenters. The van der Waals surface area contributed by atoms with E-state index in [9.17, 15) is 5.11 Å². The number of nitrogens with one attached hydrogen (secondary N) is 1. The van der Waals surface area contributed by atoms with Gasteiger partial charge in [0.2, 0.25) is 0 Å². The second-order valence-corrected chi connectivity index (χ2v) is 2.84. The van der Waals surface area contributed by atoms with Crippen LogP contribution in [0.1, 0.15) is 0 Å². The third-order valence-corrected chi connectivity index (χ3v) is 1.76. The zero-order chi connectivity index (χ0) is 11.2. The Balaban J connectivity index is 2.18. The molecule has 0 atom stereocenters. The van der Waals surface area contributed by atoms with Crippen LogP contribution in [0.2, 0.25) is 0 Å². The Hall–Kier alpha value is -2.57. The van der Waals surface area contributed by atoms with Gasteiger partial charge in [-0.25, -0.2) is 0 Å². The van der Waals surface area contributed by atoms with Crippen molar-refractivity contribution >= 4 is 18.4 Å². The van der Waals surface area contributed by atoms with Gasteiger partial charge in [0.25, 0.3) is 0 Å². The Morgan fingerprint density at radius 3 is 2.56 bits per heavy atom.